The summed E-state index contributed by atoms with van der Waals surface area (Å²) >= 11 is 0. The molecular formula is C54H40N2. The Balaban J connectivity index is 1.09. The van der Waals surface area contributed by atoms with Crippen molar-refractivity contribution in [1.29, 1.82) is 0 Å². The minimum absolute atomic E-state index is 0.104. The molecule has 0 unspecified atom stereocenters. The highest BCUT2D eigenvalue weighted by Gasteiger charge is 2.39. The normalized spacial score (nSPS) is 14.4. The second-order valence-electron chi connectivity index (χ2n) is 16.5. The molecule has 1 aromatic heterocycles. The third kappa shape index (κ3) is 4.69. The van der Waals surface area contributed by atoms with E-state index in [1.165, 1.54) is 77.2 Å². The van der Waals surface area contributed by atoms with Gasteiger partial charge < -0.3 is 0 Å². The highest BCUT2D eigenvalue weighted by molar-refractivity contribution is 6.07. The number of hydrogen-bond acceptors (Lipinski definition) is 2. The van der Waals surface area contributed by atoms with E-state index in [0.29, 0.717) is 0 Å². The second-order valence-corrected chi connectivity index (χ2v) is 16.5. The zero-order chi connectivity index (χ0) is 37.8. The lowest BCUT2D eigenvalue weighted by atomic mass is 9.77. The molecule has 56 heavy (non-hydrogen) atoms. The predicted octanol–water partition coefficient (Wildman–Crippen LogP) is 14.1. The van der Waals surface area contributed by atoms with E-state index in [1.807, 2.05) is 6.07 Å². The van der Waals surface area contributed by atoms with Gasteiger partial charge in [0.2, 0.25) is 0 Å². The number of rotatable bonds is 4. The maximum absolute atomic E-state index is 5.31. The Morgan fingerprint density at radius 3 is 1.73 bits per heavy atom. The predicted molar refractivity (Wildman–Crippen MR) is 234 cm³/mol. The molecule has 0 amide bonds. The molecule has 2 aliphatic rings. The van der Waals surface area contributed by atoms with Gasteiger partial charge in [0.25, 0.3) is 0 Å². The van der Waals surface area contributed by atoms with Crippen LogP contribution in [0.5, 0.6) is 0 Å². The smallest absolute Gasteiger partial charge is 0.160 e. The number of fused-ring (bicyclic) bond motifs is 9. The van der Waals surface area contributed by atoms with Gasteiger partial charge in [0.15, 0.2) is 5.82 Å². The fraction of sp³-hybridized carbons (Fsp3) is 0.111. The summed E-state index contributed by atoms with van der Waals surface area (Å²) in [7, 11) is 0. The molecule has 0 spiro atoms. The molecule has 9 aromatic rings. The van der Waals surface area contributed by atoms with Crippen LogP contribution in [0.1, 0.15) is 49.9 Å². The van der Waals surface area contributed by atoms with Crippen molar-refractivity contribution in [3.8, 4) is 67.3 Å². The van der Waals surface area contributed by atoms with Gasteiger partial charge in [0.05, 0.1) is 11.4 Å². The highest BCUT2D eigenvalue weighted by atomic mass is 14.9. The Labute approximate surface area is 328 Å². The van der Waals surface area contributed by atoms with E-state index in [4.69, 9.17) is 9.97 Å². The molecule has 0 bridgehead atoms. The summed E-state index contributed by atoms with van der Waals surface area (Å²) in [5.41, 5.74) is 18.1. The van der Waals surface area contributed by atoms with Crippen LogP contribution in [0.25, 0.3) is 88.8 Å². The molecule has 266 valence electrons. The van der Waals surface area contributed by atoms with E-state index in [0.717, 1.165) is 33.9 Å². The summed E-state index contributed by atoms with van der Waals surface area (Å²) in [6.45, 7) is 9.47. The van der Waals surface area contributed by atoms with E-state index in [-0.39, 0.29) is 10.8 Å². The molecule has 0 saturated carbocycles. The van der Waals surface area contributed by atoms with Crippen molar-refractivity contribution in [3.63, 3.8) is 0 Å². The van der Waals surface area contributed by atoms with Gasteiger partial charge in [-0.1, -0.05) is 185 Å². The maximum Gasteiger partial charge on any atom is 0.160 e. The molecule has 0 radical (unpaired) electrons. The summed E-state index contributed by atoms with van der Waals surface area (Å²) in [5, 5.41) is 5.02. The first-order valence-electron chi connectivity index (χ1n) is 19.7. The number of nitrogens with zero attached hydrogens (tertiary/aromatic N) is 2. The number of benzene rings is 8. The Kier molecular flexibility index (Phi) is 6.98. The quantitative estimate of drug-likeness (QED) is 0.181. The summed E-state index contributed by atoms with van der Waals surface area (Å²) < 4.78 is 0. The van der Waals surface area contributed by atoms with Crippen molar-refractivity contribution in [2.75, 3.05) is 0 Å². The lowest BCUT2D eigenvalue weighted by Crippen LogP contribution is -2.17. The fourth-order valence-corrected chi connectivity index (χ4v) is 10.0. The first-order chi connectivity index (χ1) is 27.3. The average molecular weight is 717 g/mol. The summed E-state index contributed by atoms with van der Waals surface area (Å²) in [6.07, 6.45) is 0. The molecule has 2 heteroatoms. The van der Waals surface area contributed by atoms with Gasteiger partial charge >= 0.3 is 0 Å². The number of hydrogen-bond donors (Lipinski definition) is 0. The van der Waals surface area contributed by atoms with Gasteiger partial charge in [-0.25, -0.2) is 9.97 Å². The third-order valence-electron chi connectivity index (χ3n) is 12.7. The van der Waals surface area contributed by atoms with Gasteiger partial charge in [0, 0.05) is 27.5 Å². The largest absolute Gasteiger partial charge is 0.228 e. The molecule has 0 fully saturated rings. The highest BCUT2D eigenvalue weighted by Crippen LogP contribution is 2.55. The fourth-order valence-electron chi connectivity index (χ4n) is 10.0. The Morgan fingerprint density at radius 1 is 0.339 bits per heavy atom. The van der Waals surface area contributed by atoms with Crippen LogP contribution in [0, 0.1) is 0 Å². The third-order valence-corrected chi connectivity index (χ3v) is 12.7. The van der Waals surface area contributed by atoms with Crippen LogP contribution < -0.4 is 0 Å². The Hall–Kier alpha value is -6.64. The Bertz CT molecular complexity index is 3080. The van der Waals surface area contributed by atoms with Gasteiger partial charge in [0.1, 0.15) is 0 Å². The van der Waals surface area contributed by atoms with Crippen LogP contribution in [-0.4, -0.2) is 9.97 Å². The summed E-state index contributed by atoms with van der Waals surface area (Å²) in [5.74, 6) is 0.724. The zero-order valence-electron chi connectivity index (χ0n) is 32.1. The molecule has 0 atom stereocenters. The van der Waals surface area contributed by atoms with E-state index < -0.39 is 0 Å². The topological polar surface area (TPSA) is 25.8 Å². The average Bonchev–Trinajstić information content (AvgIpc) is 3.63. The summed E-state index contributed by atoms with van der Waals surface area (Å²) in [6, 6.07) is 62.0. The van der Waals surface area contributed by atoms with Crippen molar-refractivity contribution >= 4 is 21.5 Å². The molecule has 2 nitrogen and oxygen atoms in total. The Morgan fingerprint density at radius 2 is 0.911 bits per heavy atom. The van der Waals surface area contributed by atoms with Crippen LogP contribution in [0.15, 0.2) is 170 Å². The first-order valence-corrected chi connectivity index (χ1v) is 19.7. The number of aromatic nitrogens is 2. The van der Waals surface area contributed by atoms with Gasteiger partial charge in [-0.05, 0) is 89.3 Å². The summed E-state index contributed by atoms with van der Waals surface area (Å²) in [4.78, 5) is 10.6. The van der Waals surface area contributed by atoms with Crippen LogP contribution in [-0.2, 0) is 10.8 Å². The molecule has 2 aliphatic carbocycles. The van der Waals surface area contributed by atoms with E-state index in [9.17, 15) is 0 Å². The standard InChI is InChI=1S/C54H40N2/c1-53(2)46-24-13-12-21-40(46)41-27-26-35(31-47(41)53)48-32-49(56-52(55-48)34-16-6-5-7-17-34)42-30-29-39(37-19-10-11-20-38(37)42)43-22-14-23-44-45-28-25-33-15-8-9-18-36(33)50(45)54(3,4)51(43)44/h5-32H,1-4H3. The second kappa shape index (κ2) is 11.9. The molecule has 11 rings (SSSR count). The van der Waals surface area contributed by atoms with Crippen LogP contribution >= 0.6 is 0 Å². The maximum atomic E-state index is 5.31. The molecule has 0 saturated heterocycles. The van der Waals surface area contributed by atoms with Crippen LogP contribution in [0.3, 0.4) is 0 Å². The van der Waals surface area contributed by atoms with E-state index in [1.54, 1.807) is 0 Å². The van der Waals surface area contributed by atoms with E-state index in [2.05, 4.69) is 191 Å². The van der Waals surface area contributed by atoms with Crippen molar-refractivity contribution in [3.05, 3.63) is 192 Å². The van der Waals surface area contributed by atoms with Crippen molar-refractivity contribution in [2.24, 2.45) is 0 Å². The van der Waals surface area contributed by atoms with Crippen LogP contribution in [0.2, 0.25) is 0 Å². The zero-order valence-corrected chi connectivity index (χ0v) is 32.1. The molecular weight excluding hydrogens is 677 g/mol. The van der Waals surface area contributed by atoms with Gasteiger partial charge in [-0.2, -0.15) is 0 Å². The minimum Gasteiger partial charge on any atom is -0.228 e. The van der Waals surface area contributed by atoms with E-state index >= 15 is 0 Å². The lowest BCUT2D eigenvalue weighted by Gasteiger charge is -2.26. The van der Waals surface area contributed by atoms with Gasteiger partial charge in [-0.3, -0.25) is 0 Å². The SMILES string of the molecule is CC1(C)c2ccccc2-c2ccc(-c3cc(-c4ccc(-c5cccc6c5C(C)(C)c5c-6ccc6ccccc56)c5ccccc45)nc(-c4ccccc4)n3)cc21. The minimum atomic E-state index is -0.181. The lowest BCUT2D eigenvalue weighted by molar-refractivity contribution is 0.660. The van der Waals surface area contributed by atoms with Gasteiger partial charge in [-0.15, -0.1) is 0 Å². The molecule has 1 heterocycles. The van der Waals surface area contributed by atoms with Crippen molar-refractivity contribution in [2.45, 2.75) is 38.5 Å². The van der Waals surface area contributed by atoms with Crippen LogP contribution in [0.4, 0.5) is 0 Å². The molecule has 0 N–H and O–H groups in total. The van der Waals surface area contributed by atoms with Crippen molar-refractivity contribution in [1.82, 2.24) is 9.97 Å². The first kappa shape index (κ1) is 32.8. The molecule has 0 aliphatic heterocycles. The molecule has 8 aromatic carbocycles. The van der Waals surface area contributed by atoms with Crippen molar-refractivity contribution < 1.29 is 0 Å². The monoisotopic (exact) mass is 716 g/mol.